The predicted octanol–water partition coefficient (Wildman–Crippen LogP) is 1.09. The SMILES string of the molecule is CCOC(CN1CCCC1)OC. The lowest BCUT2D eigenvalue weighted by molar-refractivity contribution is -0.130. The summed E-state index contributed by atoms with van der Waals surface area (Å²) < 4.78 is 10.6. The standard InChI is InChI=1S/C9H19NO2/c1-3-12-9(11-2)8-10-6-4-5-7-10/h9H,3-8H2,1-2H3. The molecular formula is C9H19NO2. The molecule has 0 aliphatic carbocycles. The molecule has 0 spiro atoms. The highest BCUT2D eigenvalue weighted by atomic mass is 16.7. The minimum Gasteiger partial charge on any atom is -0.355 e. The lowest BCUT2D eigenvalue weighted by Crippen LogP contribution is -2.33. The molecule has 1 aliphatic heterocycles. The van der Waals surface area contributed by atoms with Gasteiger partial charge in [0.05, 0.1) is 0 Å². The monoisotopic (exact) mass is 173 g/mol. The Kier molecular flexibility index (Phi) is 4.58. The fraction of sp³-hybridized carbons (Fsp3) is 1.00. The van der Waals surface area contributed by atoms with E-state index in [1.165, 1.54) is 25.9 Å². The summed E-state index contributed by atoms with van der Waals surface area (Å²) in [6.45, 7) is 6.05. The van der Waals surface area contributed by atoms with Crippen molar-refractivity contribution in [1.82, 2.24) is 4.90 Å². The van der Waals surface area contributed by atoms with Crippen LogP contribution in [0.4, 0.5) is 0 Å². The van der Waals surface area contributed by atoms with Crippen molar-refractivity contribution in [2.24, 2.45) is 0 Å². The first kappa shape index (κ1) is 9.96. The Labute approximate surface area is 74.6 Å². The number of hydrogen-bond donors (Lipinski definition) is 0. The molecule has 0 bridgehead atoms. The van der Waals surface area contributed by atoms with Crippen LogP contribution in [0.15, 0.2) is 0 Å². The molecular weight excluding hydrogens is 154 g/mol. The Bertz CT molecular complexity index is 113. The molecule has 0 N–H and O–H groups in total. The Morgan fingerprint density at radius 1 is 1.33 bits per heavy atom. The molecule has 12 heavy (non-hydrogen) atoms. The lowest BCUT2D eigenvalue weighted by atomic mass is 10.4. The second-order valence-electron chi connectivity index (χ2n) is 3.13. The average molecular weight is 173 g/mol. The van der Waals surface area contributed by atoms with Gasteiger partial charge >= 0.3 is 0 Å². The Morgan fingerprint density at radius 2 is 2.00 bits per heavy atom. The highest BCUT2D eigenvalue weighted by molar-refractivity contribution is 4.67. The summed E-state index contributed by atoms with van der Waals surface area (Å²) >= 11 is 0. The van der Waals surface area contributed by atoms with Crippen molar-refractivity contribution in [3.8, 4) is 0 Å². The summed E-state index contributed by atoms with van der Waals surface area (Å²) in [5.74, 6) is 0. The van der Waals surface area contributed by atoms with Gasteiger partial charge in [0.15, 0.2) is 6.29 Å². The third-order valence-electron chi connectivity index (χ3n) is 2.22. The van der Waals surface area contributed by atoms with Crippen LogP contribution in [-0.2, 0) is 9.47 Å². The van der Waals surface area contributed by atoms with Crippen molar-refractivity contribution in [2.45, 2.75) is 26.1 Å². The topological polar surface area (TPSA) is 21.7 Å². The summed E-state index contributed by atoms with van der Waals surface area (Å²) in [4.78, 5) is 2.39. The third kappa shape index (κ3) is 3.09. The Balaban J connectivity index is 2.16. The maximum Gasteiger partial charge on any atom is 0.169 e. The number of rotatable bonds is 5. The first-order chi connectivity index (χ1) is 5.86. The van der Waals surface area contributed by atoms with Crippen LogP contribution in [-0.4, -0.2) is 44.5 Å². The second kappa shape index (κ2) is 5.51. The number of nitrogens with zero attached hydrogens (tertiary/aromatic N) is 1. The molecule has 0 aromatic heterocycles. The maximum absolute atomic E-state index is 5.39. The van der Waals surface area contributed by atoms with Gasteiger partial charge in [-0.15, -0.1) is 0 Å². The summed E-state index contributed by atoms with van der Waals surface area (Å²) in [5.41, 5.74) is 0. The number of methoxy groups -OCH3 is 1. The van der Waals surface area contributed by atoms with E-state index in [9.17, 15) is 0 Å². The van der Waals surface area contributed by atoms with Gasteiger partial charge < -0.3 is 9.47 Å². The minimum absolute atomic E-state index is 0.0342. The molecule has 1 fully saturated rings. The quantitative estimate of drug-likeness (QED) is 0.581. The third-order valence-corrected chi connectivity index (χ3v) is 2.22. The molecule has 0 saturated carbocycles. The van der Waals surface area contributed by atoms with Crippen molar-refractivity contribution in [3.05, 3.63) is 0 Å². The first-order valence-electron chi connectivity index (χ1n) is 4.73. The van der Waals surface area contributed by atoms with Crippen LogP contribution in [0.2, 0.25) is 0 Å². The van der Waals surface area contributed by atoms with Gasteiger partial charge in [0.25, 0.3) is 0 Å². The van der Waals surface area contributed by atoms with Crippen LogP contribution in [0.25, 0.3) is 0 Å². The van der Waals surface area contributed by atoms with E-state index in [1.54, 1.807) is 7.11 Å². The summed E-state index contributed by atoms with van der Waals surface area (Å²) in [6.07, 6.45) is 2.61. The zero-order valence-electron chi connectivity index (χ0n) is 8.08. The maximum atomic E-state index is 5.39. The molecule has 3 nitrogen and oxygen atoms in total. The van der Waals surface area contributed by atoms with Gasteiger partial charge in [-0.25, -0.2) is 0 Å². The number of hydrogen-bond acceptors (Lipinski definition) is 3. The smallest absolute Gasteiger partial charge is 0.169 e. The van der Waals surface area contributed by atoms with Crippen molar-refractivity contribution in [3.63, 3.8) is 0 Å². The summed E-state index contributed by atoms with van der Waals surface area (Å²) in [6, 6.07) is 0. The molecule has 0 aromatic carbocycles. The number of likely N-dealkylation sites (tertiary alicyclic amines) is 1. The first-order valence-corrected chi connectivity index (χ1v) is 4.73. The van der Waals surface area contributed by atoms with Crippen LogP contribution >= 0.6 is 0 Å². The zero-order chi connectivity index (χ0) is 8.81. The van der Waals surface area contributed by atoms with E-state index in [1.807, 2.05) is 6.92 Å². The average Bonchev–Trinajstić information content (AvgIpc) is 2.56. The largest absolute Gasteiger partial charge is 0.355 e. The number of ether oxygens (including phenoxy) is 2. The van der Waals surface area contributed by atoms with Crippen LogP contribution in [0, 0.1) is 0 Å². The van der Waals surface area contributed by atoms with Crippen molar-refractivity contribution in [1.29, 1.82) is 0 Å². The van der Waals surface area contributed by atoms with E-state index in [0.29, 0.717) is 0 Å². The van der Waals surface area contributed by atoms with Gasteiger partial charge in [-0.3, -0.25) is 4.90 Å². The molecule has 0 radical (unpaired) electrons. The van der Waals surface area contributed by atoms with E-state index >= 15 is 0 Å². The molecule has 1 saturated heterocycles. The van der Waals surface area contributed by atoms with Gasteiger partial charge in [-0.2, -0.15) is 0 Å². The van der Waals surface area contributed by atoms with Gasteiger partial charge in [-0.1, -0.05) is 0 Å². The van der Waals surface area contributed by atoms with Crippen LogP contribution in [0.3, 0.4) is 0 Å². The zero-order valence-corrected chi connectivity index (χ0v) is 8.08. The fourth-order valence-electron chi connectivity index (χ4n) is 1.56. The molecule has 1 rings (SSSR count). The molecule has 0 aromatic rings. The highest BCUT2D eigenvalue weighted by Gasteiger charge is 2.16. The van der Waals surface area contributed by atoms with Crippen molar-refractivity contribution >= 4 is 0 Å². The van der Waals surface area contributed by atoms with Gasteiger partial charge in [0.2, 0.25) is 0 Å². The van der Waals surface area contributed by atoms with E-state index in [4.69, 9.17) is 9.47 Å². The summed E-state index contributed by atoms with van der Waals surface area (Å²) in [5, 5.41) is 0. The van der Waals surface area contributed by atoms with E-state index in [-0.39, 0.29) is 6.29 Å². The van der Waals surface area contributed by atoms with E-state index in [0.717, 1.165) is 13.2 Å². The van der Waals surface area contributed by atoms with Crippen molar-refractivity contribution < 1.29 is 9.47 Å². The van der Waals surface area contributed by atoms with Gasteiger partial charge in [0, 0.05) is 20.3 Å². The molecule has 1 aliphatic rings. The molecule has 72 valence electrons. The Hall–Kier alpha value is -0.120. The molecule has 1 heterocycles. The van der Waals surface area contributed by atoms with Crippen LogP contribution in [0.1, 0.15) is 19.8 Å². The fourth-order valence-corrected chi connectivity index (χ4v) is 1.56. The molecule has 1 unspecified atom stereocenters. The van der Waals surface area contributed by atoms with Crippen molar-refractivity contribution in [2.75, 3.05) is 33.4 Å². The van der Waals surface area contributed by atoms with E-state index in [2.05, 4.69) is 4.90 Å². The molecule has 0 amide bonds. The highest BCUT2D eigenvalue weighted by Crippen LogP contribution is 2.08. The van der Waals surface area contributed by atoms with Gasteiger partial charge in [-0.05, 0) is 32.9 Å². The lowest BCUT2D eigenvalue weighted by Gasteiger charge is -2.21. The predicted molar refractivity (Wildman–Crippen MR) is 48.1 cm³/mol. The minimum atomic E-state index is -0.0342. The van der Waals surface area contributed by atoms with Gasteiger partial charge in [0.1, 0.15) is 0 Å². The van der Waals surface area contributed by atoms with E-state index < -0.39 is 0 Å². The summed E-state index contributed by atoms with van der Waals surface area (Å²) in [7, 11) is 1.70. The van der Waals surface area contributed by atoms with Crippen LogP contribution in [0.5, 0.6) is 0 Å². The molecule has 1 atom stereocenters. The second-order valence-corrected chi connectivity index (χ2v) is 3.13. The normalized spacial score (nSPS) is 21.5. The van der Waals surface area contributed by atoms with Crippen LogP contribution < -0.4 is 0 Å². The Morgan fingerprint density at radius 3 is 2.50 bits per heavy atom. The molecule has 3 heteroatoms.